The second kappa shape index (κ2) is 7.19. The molecule has 9 heteroatoms. The number of nitrogens with zero attached hydrogens (tertiary/aromatic N) is 3. The summed E-state index contributed by atoms with van der Waals surface area (Å²) in [5, 5.41) is 1.78. The zero-order valence-electron chi connectivity index (χ0n) is 13.7. The molecule has 1 amide bonds. The highest BCUT2D eigenvalue weighted by Gasteiger charge is 2.29. The molecule has 0 atom stereocenters. The number of piperidine rings is 1. The van der Waals surface area contributed by atoms with E-state index >= 15 is 0 Å². The summed E-state index contributed by atoms with van der Waals surface area (Å²) in [6, 6.07) is 3.34. The van der Waals surface area contributed by atoms with Crippen molar-refractivity contribution in [2.45, 2.75) is 24.2 Å². The number of benzene rings is 1. The lowest BCUT2D eigenvalue weighted by molar-refractivity contribution is 0.0997. The average molecular weight is 383 g/mol. The Bertz CT molecular complexity index is 957. The van der Waals surface area contributed by atoms with Crippen molar-refractivity contribution in [1.82, 2.24) is 8.87 Å². The molecule has 2 aromatic rings. The van der Waals surface area contributed by atoms with E-state index in [0.29, 0.717) is 17.9 Å². The van der Waals surface area contributed by atoms with E-state index in [1.807, 2.05) is 0 Å². The van der Waals surface area contributed by atoms with Crippen molar-refractivity contribution in [1.29, 1.82) is 0 Å². The maximum absolute atomic E-state index is 14.2. The smallest absolute Gasteiger partial charge is 0.279 e. The quantitative estimate of drug-likeness (QED) is 0.815. The highest BCUT2D eigenvalue weighted by atomic mass is 32.2. The molecule has 1 aliphatic heterocycles. The summed E-state index contributed by atoms with van der Waals surface area (Å²) in [6.07, 6.45) is 4.23. The number of hydrogen-bond acceptors (Lipinski definition) is 4. The molecule has 1 aromatic heterocycles. The van der Waals surface area contributed by atoms with Gasteiger partial charge in [-0.3, -0.25) is 4.79 Å². The van der Waals surface area contributed by atoms with Crippen LogP contribution in [0.15, 0.2) is 39.7 Å². The number of amides is 1. The third kappa shape index (κ3) is 3.73. The van der Waals surface area contributed by atoms with Gasteiger partial charge in [-0.25, -0.2) is 12.8 Å². The molecule has 1 aliphatic rings. The number of carbonyl (C=O) groups is 1. The van der Waals surface area contributed by atoms with Gasteiger partial charge in [-0.2, -0.15) is 9.30 Å². The van der Waals surface area contributed by atoms with Crippen LogP contribution in [0.25, 0.3) is 0 Å². The van der Waals surface area contributed by atoms with Gasteiger partial charge in [0.2, 0.25) is 10.0 Å². The van der Waals surface area contributed by atoms with E-state index in [4.69, 9.17) is 0 Å². The summed E-state index contributed by atoms with van der Waals surface area (Å²) < 4.78 is 42.5. The van der Waals surface area contributed by atoms with Gasteiger partial charge in [0, 0.05) is 37.3 Å². The van der Waals surface area contributed by atoms with Gasteiger partial charge in [-0.1, -0.05) is 6.42 Å². The van der Waals surface area contributed by atoms with E-state index in [-0.39, 0.29) is 5.56 Å². The number of thiazole rings is 1. The van der Waals surface area contributed by atoms with Crippen LogP contribution in [0.2, 0.25) is 0 Å². The van der Waals surface area contributed by atoms with Gasteiger partial charge in [0.1, 0.15) is 10.7 Å². The lowest BCUT2D eigenvalue weighted by atomic mass is 10.2. The number of rotatable bonds is 3. The van der Waals surface area contributed by atoms with Crippen molar-refractivity contribution >= 4 is 27.3 Å². The van der Waals surface area contributed by atoms with Crippen LogP contribution >= 0.6 is 11.3 Å². The molecule has 1 saturated heterocycles. The fourth-order valence-corrected chi connectivity index (χ4v) is 5.00. The van der Waals surface area contributed by atoms with E-state index < -0.39 is 26.6 Å². The first-order valence-corrected chi connectivity index (χ1v) is 10.2. The zero-order valence-corrected chi connectivity index (χ0v) is 15.3. The number of sulfonamides is 1. The van der Waals surface area contributed by atoms with E-state index in [1.54, 1.807) is 23.2 Å². The number of aryl methyl sites for hydroxylation is 1. The summed E-state index contributed by atoms with van der Waals surface area (Å²) in [4.78, 5) is 16.3. The molecule has 1 fully saturated rings. The number of hydrogen-bond donors (Lipinski definition) is 0. The zero-order chi connectivity index (χ0) is 18.0. The third-order valence-electron chi connectivity index (χ3n) is 4.07. The van der Waals surface area contributed by atoms with E-state index in [9.17, 15) is 17.6 Å². The normalized spacial score (nSPS) is 17.0. The molecule has 2 heterocycles. The molecule has 1 aromatic carbocycles. The van der Waals surface area contributed by atoms with Crippen LogP contribution in [-0.2, 0) is 17.1 Å². The number of aromatic nitrogens is 1. The Balaban J connectivity index is 1.98. The van der Waals surface area contributed by atoms with Gasteiger partial charge in [-0.15, -0.1) is 11.3 Å². The Hall–Kier alpha value is -1.84. The van der Waals surface area contributed by atoms with Gasteiger partial charge in [0.15, 0.2) is 4.80 Å². The van der Waals surface area contributed by atoms with Gasteiger partial charge in [0.25, 0.3) is 5.91 Å². The van der Waals surface area contributed by atoms with Crippen molar-refractivity contribution in [2.24, 2.45) is 12.0 Å². The van der Waals surface area contributed by atoms with Crippen molar-refractivity contribution in [3.8, 4) is 0 Å². The summed E-state index contributed by atoms with van der Waals surface area (Å²) in [6.45, 7) is 0.741. The van der Waals surface area contributed by atoms with Crippen molar-refractivity contribution in [3.63, 3.8) is 0 Å². The van der Waals surface area contributed by atoms with Crippen LogP contribution < -0.4 is 4.80 Å². The summed E-state index contributed by atoms with van der Waals surface area (Å²) in [7, 11) is -2.21. The van der Waals surface area contributed by atoms with Crippen LogP contribution in [-0.4, -0.2) is 36.3 Å². The van der Waals surface area contributed by atoms with Crippen molar-refractivity contribution in [3.05, 3.63) is 46.0 Å². The molecule has 0 spiro atoms. The van der Waals surface area contributed by atoms with Crippen LogP contribution in [0.3, 0.4) is 0 Å². The molecule has 0 radical (unpaired) electrons. The predicted molar refractivity (Wildman–Crippen MR) is 92.2 cm³/mol. The fourth-order valence-electron chi connectivity index (χ4n) is 2.66. The molecule has 0 aliphatic carbocycles. The van der Waals surface area contributed by atoms with Gasteiger partial charge in [-0.05, 0) is 31.0 Å². The second-order valence-corrected chi connectivity index (χ2v) is 8.60. The molecule has 3 rings (SSSR count). The highest BCUT2D eigenvalue weighted by Crippen LogP contribution is 2.24. The van der Waals surface area contributed by atoms with E-state index in [0.717, 1.165) is 31.4 Å². The molecular formula is C16H18FN3O3S2. The standard InChI is InChI=1S/C16H18FN3O3S2/c1-19-9-10-24-16(19)18-15(21)12-5-6-13(17)14(11-12)25(22,23)20-7-3-2-4-8-20/h5-6,9-11H,2-4,7-8H2,1H3. The maximum Gasteiger partial charge on any atom is 0.279 e. The molecule has 0 unspecified atom stereocenters. The SMILES string of the molecule is Cn1ccsc1=NC(=O)c1ccc(F)c(S(=O)(=O)N2CCCCC2)c1. The van der Waals surface area contributed by atoms with Crippen LogP contribution in [0, 0.1) is 5.82 Å². The predicted octanol–water partition coefficient (Wildman–Crippen LogP) is 2.14. The minimum atomic E-state index is -3.96. The minimum absolute atomic E-state index is 0.0467. The molecule has 25 heavy (non-hydrogen) atoms. The van der Waals surface area contributed by atoms with Crippen LogP contribution in [0.4, 0.5) is 4.39 Å². The van der Waals surface area contributed by atoms with Crippen molar-refractivity contribution in [2.75, 3.05) is 13.1 Å². The van der Waals surface area contributed by atoms with Crippen LogP contribution in [0.5, 0.6) is 0 Å². The molecule has 6 nitrogen and oxygen atoms in total. The summed E-state index contributed by atoms with van der Waals surface area (Å²) >= 11 is 1.28. The van der Waals surface area contributed by atoms with E-state index in [1.165, 1.54) is 21.7 Å². The summed E-state index contributed by atoms with van der Waals surface area (Å²) in [5.41, 5.74) is 0.0467. The average Bonchev–Trinajstić information content (AvgIpc) is 3.00. The Morgan fingerprint density at radius 2 is 1.96 bits per heavy atom. The molecule has 0 bridgehead atoms. The Labute approximate surface area is 149 Å². The minimum Gasteiger partial charge on any atom is -0.327 e. The Kier molecular flexibility index (Phi) is 5.16. The topological polar surface area (TPSA) is 71.7 Å². The molecule has 0 N–H and O–H groups in total. The maximum atomic E-state index is 14.2. The largest absolute Gasteiger partial charge is 0.327 e. The Morgan fingerprint density at radius 3 is 2.60 bits per heavy atom. The second-order valence-electron chi connectivity index (χ2n) is 5.82. The fraction of sp³-hybridized carbons (Fsp3) is 0.375. The Morgan fingerprint density at radius 1 is 1.24 bits per heavy atom. The third-order valence-corrected chi connectivity index (χ3v) is 6.83. The highest BCUT2D eigenvalue weighted by molar-refractivity contribution is 7.89. The number of halogens is 1. The van der Waals surface area contributed by atoms with Gasteiger partial charge >= 0.3 is 0 Å². The van der Waals surface area contributed by atoms with Gasteiger partial charge < -0.3 is 4.57 Å². The first-order chi connectivity index (χ1) is 11.9. The molecule has 134 valence electrons. The van der Waals surface area contributed by atoms with Crippen LogP contribution in [0.1, 0.15) is 29.6 Å². The monoisotopic (exact) mass is 383 g/mol. The number of carbonyl (C=O) groups excluding carboxylic acids is 1. The summed E-state index contributed by atoms with van der Waals surface area (Å²) in [5.74, 6) is -1.46. The van der Waals surface area contributed by atoms with Crippen molar-refractivity contribution < 1.29 is 17.6 Å². The lowest BCUT2D eigenvalue weighted by Gasteiger charge is -2.26. The van der Waals surface area contributed by atoms with Gasteiger partial charge in [0.05, 0.1) is 0 Å². The molecule has 0 saturated carbocycles. The van der Waals surface area contributed by atoms with E-state index in [2.05, 4.69) is 4.99 Å². The first-order valence-electron chi connectivity index (χ1n) is 7.88. The first kappa shape index (κ1) is 18.0. The molecular weight excluding hydrogens is 365 g/mol. The lowest BCUT2D eigenvalue weighted by Crippen LogP contribution is -2.36.